The summed E-state index contributed by atoms with van der Waals surface area (Å²) in [6, 6.07) is 10.9. The molecule has 1 aromatic carbocycles. The largest absolute Gasteiger partial charge is 0.361 e. The number of para-hydroxylation sites is 1. The lowest BCUT2D eigenvalue weighted by Gasteiger charge is -2.32. The van der Waals surface area contributed by atoms with E-state index in [-0.39, 0.29) is 6.04 Å². The van der Waals surface area contributed by atoms with Gasteiger partial charge in [-0.3, -0.25) is 4.90 Å². The smallest absolute Gasteiger partial charge is 0.102 e. The number of benzene rings is 1. The maximum Gasteiger partial charge on any atom is 0.102 e. The monoisotopic (exact) mass is 279 g/mol. The highest BCUT2D eigenvalue weighted by Crippen LogP contribution is 2.24. The zero-order chi connectivity index (χ0) is 14.8. The molecule has 1 aliphatic rings. The average Bonchev–Trinajstić information content (AvgIpc) is 2.91. The average molecular weight is 279 g/mol. The normalized spacial score (nSPS) is 20.0. The second kappa shape index (κ2) is 5.75. The van der Waals surface area contributed by atoms with E-state index in [0.717, 1.165) is 25.9 Å². The van der Waals surface area contributed by atoms with Crippen LogP contribution in [0.1, 0.15) is 25.8 Å². The number of aromatic amines is 1. The Bertz CT molecular complexity index is 717. The summed E-state index contributed by atoms with van der Waals surface area (Å²) in [7, 11) is 0. The number of nitriles is 1. The number of aromatic nitrogens is 1. The lowest BCUT2D eigenvalue weighted by atomic mass is 9.96. The van der Waals surface area contributed by atoms with Crippen molar-refractivity contribution in [3.8, 4) is 6.07 Å². The van der Waals surface area contributed by atoms with Crippen molar-refractivity contribution in [2.45, 2.75) is 32.7 Å². The van der Waals surface area contributed by atoms with E-state index < -0.39 is 0 Å². The molecular weight excluding hydrogens is 258 g/mol. The number of hydrogen-bond donors (Lipinski definition) is 1. The number of fused-ring (bicyclic) bond motifs is 1. The Balaban J connectivity index is 1.74. The highest BCUT2D eigenvalue weighted by atomic mass is 15.2. The maximum absolute atomic E-state index is 9.37. The van der Waals surface area contributed by atoms with E-state index in [1.54, 1.807) is 0 Å². The molecule has 0 radical (unpaired) electrons. The van der Waals surface area contributed by atoms with Crippen molar-refractivity contribution >= 4 is 10.9 Å². The van der Waals surface area contributed by atoms with Gasteiger partial charge in [-0.15, -0.1) is 0 Å². The first-order valence-electron chi connectivity index (χ1n) is 7.53. The standard InChI is InChI=1S/C18H21N3/c1-13-9-16(10-19)21(12-14(13)2)8-7-15-11-20-18-6-4-3-5-17(15)18/h3-6,11,16,20H,7-9,12H2,1-2H3/t16-/m1/s1. The van der Waals surface area contributed by atoms with Gasteiger partial charge in [0.1, 0.15) is 6.04 Å². The Morgan fingerprint density at radius 3 is 2.90 bits per heavy atom. The minimum atomic E-state index is 0.0268. The summed E-state index contributed by atoms with van der Waals surface area (Å²) in [4.78, 5) is 5.63. The van der Waals surface area contributed by atoms with Gasteiger partial charge in [-0.25, -0.2) is 0 Å². The van der Waals surface area contributed by atoms with E-state index in [0.29, 0.717) is 0 Å². The van der Waals surface area contributed by atoms with Gasteiger partial charge in [-0.2, -0.15) is 5.26 Å². The molecule has 3 nitrogen and oxygen atoms in total. The van der Waals surface area contributed by atoms with Crippen LogP contribution in [0.25, 0.3) is 10.9 Å². The molecule has 0 spiro atoms. The predicted molar refractivity (Wildman–Crippen MR) is 86.0 cm³/mol. The van der Waals surface area contributed by atoms with Gasteiger partial charge in [0.15, 0.2) is 0 Å². The Kier molecular flexibility index (Phi) is 3.81. The second-order valence-electron chi connectivity index (χ2n) is 5.99. The molecule has 108 valence electrons. The molecule has 0 fully saturated rings. The number of nitrogens with zero attached hydrogens (tertiary/aromatic N) is 2. The summed E-state index contributed by atoms with van der Waals surface area (Å²) in [5.74, 6) is 0. The van der Waals surface area contributed by atoms with Gasteiger partial charge in [0.25, 0.3) is 0 Å². The molecule has 21 heavy (non-hydrogen) atoms. The van der Waals surface area contributed by atoms with Crippen LogP contribution in [0.4, 0.5) is 0 Å². The molecule has 2 heterocycles. The first-order valence-corrected chi connectivity index (χ1v) is 7.53. The third kappa shape index (κ3) is 2.72. The third-order valence-corrected chi connectivity index (χ3v) is 4.60. The van der Waals surface area contributed by atoms with Crippen LogP contribution in [0.5, 0.6) is 0 Å². The van der Waals surface area contributed by atoms with Crippen molar-refractivity contribution in [1.29, 1.82) is 5.26 Å². The zero-order valence-corrected chi connectivity index (χ0v) is 12.7. The minimum absolute atomic E-state index is 0.0268. The van der Waals surface area contributed by atoms with E-state index in [1.165, 1.54) is 27.6 Å². The summed E-state index contributed by atoms with van der Waals surface area (Å²) >= 11 is 0. The minimum Gasteiger partial charge on any atom is -0.361 e. The lowest BCUT2D eigenvalue weighted by Crippen LogP contribution is -2.40. The molecule has 1 atom stereocenters. The Hall–Kier alpha value is -2.05. The Morgan fingerprint density at radius 2 is 2.10 bits per heavy atom. The Labute approximate surface area is 125 Å². The first-order chi connectivity index (χ1) is 10.2. The highest BCUT2D eigenvalue weighted by molar-refractivity contribution is 5.83. The fraction of sp³-hybridized carbons (Fsp3) is 0.389. The number of H-pyrrole nitrogens is 1. The van der Waals surface area contributed by atoms with Crippen LogP contribution in [0, 0.1) is 11.3 Å². The summed E-state index contributed by atoms with van der Waals surface area (Å²) in [5, 5.41) is 10.7. The molecule has 1 N–H and O–H groups in total. The van der Waals surface area contributed by atoms with Crippen LogP contribution in [0.3, 0.4) is 0 Å². The molecule has 1 aliphatic heterocycles. The molecule has 0 amide bonds. The Morgan fingerprint density at radius 1 is 1.29 bits per heavy atom. The summed E-state index contributed by atoms with van der Waals surface area (Å²) < 4.78 is 0. The van der Waals surface area contributed by atoms with Gasteiger partial charge in [0.2, 0.25) is 0 Å². The fourth-order valence-corrected chi connectivity index (χ4v) is 3.11. The molecule has 3 rings (SSSR count). The van der Waals surface area contributed by atoms with Crippen molar-refractivity contribution in [3.63, 3.8) is 0 Å². The van der Waals surface area contributed by atoms with E-state index in [2.05, 4.69) is 60.3 Å². The van der Waals surface area contributed by atoms with Crippen LogP contribution in [0.15, 0.2) is 41.6 Å². The molecule has 0 saturated heterocycles. The molecule has 0 aliphatic carbocycles. The molecular formula is C18H21N3. The summed E-state index contributed by atoms with van der Waals surface area (Å²) in [6.07, 6.45) is 3.97. The van der Waals surface area contributed by atoms with Gasteiger partial charge in [-0.05, 0) is 38.3 Å². The van der Waals surface area contributed by atoms with Crippen LogP contribution in [-0.2, 0) is 6.42 Å². The van der Waals surface area contributed by atoms with Gasteiger partial charge in [0, 0.05) is 30.2 Å². The quantitative estimate of drug-likeness (QED) is 0.872. The summed E-state index contributed by atoms with van der Waals surface area (Å²) in [6.45, 7) is 6.19. The molecule has 3 heteroatoms. The van der Waals surface area contributed by atoms with E-state index in [1.807, 2.05) is 0 Å². The number of rotatable bonds is 3. The van der Waals surface area contributed by atoms with Gasteiger partial charge >= 0.3 is 0 Å². The van der Waals surface area contributed by atoms with Crippen LogP contribution >= 0.6 is 0 Å². The van der Waals surface area contributed by atoms with Crippen LogP contribution in [-0.4, -0.2) is 29.0 Å². The van der Waals surface area contributed by atoms with Crippen molar-refractivity contribution in [2.75, 3.05) is 13.1 Å². The third-order valence-electron chi connectivity index (χ3n) is 4.60. The maximum atomic E-state index is 9.37. The van der Waals surface area contributed by atoms with Crippen LogP contribution in [0.2, 0.25) is 0 Å². The highest BCUT2D eigenvalue weighted by Gasteiger charge is 2.24. The zero-order valence-electron chi connectivity index (χ0n) is 12.7. The number of hydrogen-bond acceptors (Lipinski definition) is 2. The van der Waals surface area contributed by atoms with Crippen molar-refractivity contribution < 1.29 is 0 Å². The van der Waals surface area contributed by atoms with E-state index in [4.69, 9.17) is 0 Å². The first kappa shape index (κ1) is 13.9. The SMILES string of the molecule is CC1=C(C)CN(CCc2c[nH]c3ccccc23)[C@@H](C#N)C1. The van der Waals surface area contributed by atoms with Crippen molar-refractivity contribution in [2.24, 2.45) is 0 Å². The van der Waals surface area contributed by atoms with Crippen molar-refractivity contribution in [1.82, 2.24) is 9.88 Å². The van der Waals surface area contributed by atoms with Gasteiger partial charge in [0.05, 0.1) is 6.07 Å². The van der Waals surface area contributed by atoms with E-state index in [9.17, 15) is 5.26 Å². The molecule has 0 saturated carbocycles. The topological polar surface area (TPSA) is 42.8 Å². The lowest BCUT2D eigenvalue weighted by molar-refractivity contribution is 0.240. The van der Waals surface area contributed by atoms with Gasteiger partial charge in [-0.1, -0.05) is 29.3 Å². The van der Waals surface area contributed by atoms with Crippen molar-refractivity contribution in [3.05, 3.63) is 47.2 Å². The van der Waals surface area contributed by atoms with Crippen LogP contribution < -0.4 is 0 Å². The molecule has 1 aromatic heterocycles. The fourth-order valence-electron chi connectivity index (χ4n) is 3.11. The van der Waals surface area contributed by atoms with E-state index >= 15 is 0 Å². The predicted octanol–water partition coefficient (Wildman–Crippen LogP) is 3.64. The second-order valence-corrected chi connectivity index (χ2v) is 5.99. The molecule has 2 aromatic rings. The molecule has 0 bridgehead atoms. The van der Waals surface area contributed by atoms with Gasteiger partial charge < -0.3 is 4.98 Å². The molecule has 0 unspecified atom stereocenters. The summed E-state index contributed by atoms with van der Waals surface area (Å²) in [5.41, 5.74) is 5.33. The number of nitrogens with one attached hydrogen (secondary N) is 1.